The van der Waals surface area contributed by atoms with E-state index in [1.54, 1.807) is 0 Å². The smallest absolute Gasteiger partial charge is 0.314 e. The van der Waals surface area contributed by atoms with E-state index in [1.807, 2.05) is 55.8 Å². The van der Waals surface area contributed by atoms with Gasteiger partial charge in [0.15, 0.2) is 0 Å². The lowest BCUT2D eigenvalue weighted by Gasteiger charge is -2.17. The average molecular weight is 344 g/mol. The van der Waals surface area contributed by atoms with Crippen LogP contribution in [0.2, 0.25) is 0 Å². The SMILES string of the molecule is Cc1cc(C)n(CC(C)CNC(=O)NCC(O)c2ccccc2C)n1. The minimum atomic E-state index is -0.709. The van der Waals surface area contributed by atoms with Crippen molar-refractivity contribution < 1.29 is 9.90 Å². The van der Waals surface area contributed by atoms with Crippen LogP contribution in [0, 0.1) is 26.7 Å². The summed E-state index contributed by atoms with van der Waals surface area (Å²) in [6.07, 6.45) is -0.709. The fraction of sp³-hybridized carbons (Fsp3) is 0.474. The van der Waals surface area contributed by atoms with Crippen LogP contribution in [0.15, 0.2) is 30.3 Å². The number of urea groups is 1. The minimum Gasteiger partial charge on any atom is -0.387 e. The van der Waals surface area contributed by atoms with E-state index in [4.69, 9.17) is 0 Å². The number of aromatic nitrogens is 2. The Morgan fingerprint density at radius 1 is 1.20 bits per heavy atom. The van der Waals surface area contributed by atoms with E-state index in [1.165, 1.54) is 0 Å². The van der Waals surface area contributed by atoms with Crippen LogP contribution in [0.5, 0.6) is 0 Å². The van der Waals surface area contributed by atoms with Crippen molar-refractivity contribution in [2.24, 2.45) is 5.92 Å². The molecule has 2 amide bonds. The van der Waals surface area contributed by atoms with Crippen molar-refractivity contribution in [1.29, 1.82) is 0 Å². The molecule has 0 aliphatic rings. The molecule has 0 saturated carbocycles. The Kier molecular flexibility index (Phi) is 6.58. The summed E-state index contributed by atoms with van der Waals surface area (Å²) < 4.78 is 1.96. The normalized spacial score (nSPS) is 13.3. The predicted molar refractivity (Wildman–Crippen MR) is 98.4 cm³/mol. The Bertz CT molecular complexity index is 711. The lowest BCUT2D eigenvalue weighted by Crippen LogP contribution is -2.40. The van der Waals surface area contributed by atoms with E-state index >= 15 is 0 Å². The van der Waals surface area contributed by atoms with Gasteiger partial charge in [-0.05, 0) is 43.9 Å². The Hall–Kier alpha value is -2.34. The van der Waals surface area contributed by atoms with Gasteiger partial charge in [-0.3, -0.25) is 4.68 Å². The number of carbonyl (C=O) groups is 1. The number of nitrogens with one attached hydrogen (secondary N) is 2. The number of aliphatic hydroxyl groups excluding tert-OH is 1. The zero-order chi connectivity index (χ0) is 18.4. The molecular formula is C19H28N4O2. The molecule has 0 aliphatic carbocycles. The Morgan fingerprint density at radius 3 is 2.52 bits per heavy atom. The van der Waals surface area contributed by atoms with Crippen LogP contribution in [-0.2, 0) is 6.54 Å². The number of hydrogen-bond donors (Lipinski definition) is 3. The number of rotatable bonds is 7. The number of aryl methyl sites for hydroxylation is 3. The highest BCUT2D eigenvalue weighted by molar-refractivity contribution is 5.73. The summed E-state index contributed by atoms with van der Waals surface area (Å²) in [4.78, 5) is 11.9. The number of benzene rings is 1. The molecule has 1 aromatic heterocycles. The summed E-state index contributed by atoms with van der Waals surface area (Å²) in [7, 11) is 0. The quantitative estimate of drug-likeness (QED) is 0.722. The topological polar surface area (TPSA) is 79.2 Å². The second-order valence-corrected chi connectivity index (χ2v) is 6.68. The fourth-order valence-corrected chi connectivity index (χ4v) is 2.81. The van der Waals surface area contributed by atoms with Crippen LogP contribution in [0.4, 0.5) is 4.79 Å². The molecule has 0 fully saturated rings. The van der Waals surface area contributed by atoms with Crippen molar-refractivity contribution in [3.05, 3.63) is 52.8 Å². The second kappa shape index (κ2) is 8.67. The van der Waals surface area contributed by atoms with Crippen LogP contribution in [0.25, 0.3) is 0 Å². The van der Waals surface area contributed by atoms with Crippen LogP contribution in [-0.4, -0.2) is 34.0 Å². The Balaban J connectivity index is 1.73. The molecule has 2 atom stereocenters. The first-order valence-electron chi connectivity index (χ1n) is 8.63. The van der Waals surface area contributed by atoms with Gasteiger partial charge in [0.1, 0.15) is 0 Å². The second-order valence-electron chi connectivity index (χ2n) is 6.68. The molecule has 0 bridgehead atoms. The monoisotopic (exact) mass is 344 g/mol. The molecule has 0 radical (unpaired) electrons. The lowest BCUT2D eigenvalue weighted by atomic mass is 10.0. The standard InChI is InChI=1S/C19H28N4O2/c1-13(12-23-16(4)9-15(3)22-23)10-20-19(25)21-11-18(24)17-8-6-5-7-14(17)2/h5-9,13,18,24H,10-12H2,1-4H3,(H2,20,21,25). The summed E-state index contributed by atoms with van der Waals surface area (Å²) >= 11 is 0. The van der Waals surface area contributed by atoms with Gasteiger partial charge in [-0.25, -0.2) is 4.79 Å². The van der Waals surface area contributed by atoms with Crippen molar-refractivity contribution in [3.8, 4) is 0 Å². The molecule has 0 aliphatic heterocycles. The molecular weight excluding hydrogens is 316 g/mol. The third-order valence-electron chi connectivity index (χ3n) is 4.20. The summed E-state index contributed by atoms with van der Waals surface area (Å²) in [6, 6.07) is 9.39. The molecule has 6 heteroatoms. The van der Waals surface area contributed by atoms with Gasteiger partial charge in [0.25, 0.3) is 0 Å². The summed E-state index contributed by atoms with van der Waals surface area (Å²) in [5.74, 6) is 0.255. The van der Waals surface area contributed by atoms with E-state index in [2.05, 4.69) is 22.7 Å². The molecule has 6 nitrogen and oxygen atoms in total. The van der Waals surface area contributed by atoms with Crippen LogP contribution in [0.3, 0.4) is 0 Å². The molecule has 0 spiro atoms. The van der Waals surface area contributed by atoms with E-state index in [0.29, 0.717) is 6.54 Å². The van der Waals surface area contributed by atoms with E-state index in [0.717, 1.165) is 29.1 Å². The van der Waals surface area contributed by atoms with Crippen molar-refractivity contribution >= 4 is 6.03 Å². The molecule has 136 valence electrons. The lowest BCUT2D eigenvalue weighted by molar-refractivity contribution is 0.172. The van der Waals surface area contributed by atoms with Gasteiger partial charge in [-0.1, -0.05) is 31.2 Å². The van der Waals surface area contributed by atoms with E-state index < -0.39 is 6.10 Å². The summed E-state index contributed by atoms with van der Waals surface area (Å²) in [5.41, 5.74) is 3.96. The number of aliphatic hydroxyl groups is 1. The number of hydrogen-bond acceptors (Lipinski definition) is 3. The first kappa shape index (κ1) is 19.0. The Morgan fingerprint density at radius 2 is 1.88 bits per heavy atom. The summed E-state index contributed by atoms with van der Waals surface area (Å²) in [6.45, 7) is 9.50. The molecule has 3 N–H and O–H groups in total. The van der Waals surface area contributed by atoms with Gasteiger partial charge < -0.3 is 15.7 Å². The first-order chi connectivity index (χ1) is 11.9. The van der Waals surface area contributed by atoms with Crippen molar-refractivity contribution in [3.63, 3.8) is 0 Å². The molecule has 25 heavy (non-hydrogen) atoms. The van der Waals surface area contributed by atoms with Crippen LogP contribution in [0.1, 0.15) is 35.5 Å². The molecule has 0 saturated heterocycles. The molecule has 1 heterocycles. The zero-order valence-corrected chi connectivity index (χ0v) is 15.4. The maximum atomic E-state index is 11.9. The highest BCUT2D eigenvalue weighted by Crippen LogP contribution is 2.16. The van der Waals surface area contributed by atoms with E-state index in [9.17, 15) is 9.90 Å². The van der Waals surface area contributed by atoms with Crippen molar-refractivity contribution in [2.75, 3.05) is 13.1 Å². The van der Waals surface area contributed by atoms with Crippen LogP contribution < -0.4 is 10.6 Å². The largest absolute Gasteiger partial charge is 0.387 e. The predicted octanol–water partition coefficient (Wildman–Crippen LogP) is 2.48. The third-order valence-corrected chi connectivity index (χ3v) is 4.20. The minimum absolute atomic E-state index is 0.183. The number of amides is 2. The third kappa shape index (κ3) is 5.60. The van der Waals surface area contributed by atoms with E-state index in [-0.39, 0.29) is 18.5 Å². The molecule has 2 unspecified atom stereocenters. The highest BCUT2D eigenvalue weighted by Gasteiger charge is 2.12. The maximum absolute atomic E-state index is 11.9. The molecule has 1 aromatic carbocycles. The average Bonchev–Trinajstić information content (AvgIpc) is 2.88. The van der Waals surface area contributed by atoms with Gasteiger partial charge in [0, 0.05) is 25.3 Å². The maximum Gasteiger partial charge on any atom is 0.314 e. The van der Waals surface area contributed by atoms with Gasteiger partial charge in [-0.2, -0.15) is 5.10 Å². The summed E-state index contributed by atoms with van der Waals surface area (Å²) in [5, 5.41) is 20.2. The van der Waals surface area contributed by atoms with Crippen molar-refractivity contribution in [2.45, 2.75) is 40.3 Å². The van der Waals surface area contributed by atoms with Gasteiger partial charge in [0.2, 0.25) is 0 Å². The fourth-order valence-electron chi connectivity index (χ4n) is 2.81. The molecule has 2 rings (SSSR count). The Labute approximate surface area is 149 Å². The van der Waals surface area contributed by atoms with Gasteiger partial charge >= 0.3 is 6.03 Å². The van der Waals surface area contributed by atoms with Crippen molar-refractivity contribution in [1.82, 2.24) is 20.4 Å². The highest BCUT2D eigenvalue weighted by atomic mass is 16.3. The van der Waals surface area contributed by atoms with Gasteiger partial charge in [0.05, 0.1) is 11.8 Å². The number of nitrogens with zero attached hydrogens (tertiary/aromatic N) is 2. The van der Waals surface area contributed by atoms with Crippen LogP contribution >= 0.6 is 0 Å². The zero-order valence-electron chi connectivity index (χ0n) is 15.4. The first-order valence-corrected chi connectivity index (χ1v) is 8.63. The molecule has 2 aromatic rings. The van der Waals surface area contributed by atoms with Gasteiger partial charge in [-0.15, -0.1) is 0 Å². The number of carbonyl (C=O) groups excluding carboxylic acids is 1.